The first-order valence-corrected chi connectivity index (χ1v) is 9.46. The highest BCUT2D eigenvalue weighted by molar-refractivity contribution is 5.92. The second kappa shape index (κ2) is 8.85. The van der Waals surface area contributed by atoms with Crippen LogP contribution in [-0.4, -0.2) is 48.7 Å². The van der Waals surface area contributed by atoms with Crippen LogP contribution in [0.2, 0.25) is 0 Å². The molecular weight excluding hydrogens is 376 g/mol. The van der Waals surface area contributed by atoms with Crippen molar-refractivity contribution in [1.82, 2.24) is 14.8 Å². The highest BCUT2D eigenvalue weighted by atomic mass is 16.5. The van der Waals surface area contributed by atoms with Crippen molar-refractivity contribution >= 4 is 11.9 Å². The number of aromatic nitrogens is 3. The predicted octanol–water partition coefficient (Wildman–Crippen LogP) is 2.94. The van der Waals surface area contributed by atoms with E-state index in [9.17, 15) is 4.79 Å². The average molecular weight is 402 g/mol. The first kappa shape index (κ1) is 20.5. The molecule has 0 spiro atoms. The number of hydrogen-bond donors (Lipinski definition) is 1. The van der Waals surface area contributed by atoms with E-state index in [2.05, 4.69) is 15.4 Å². The molecule has 156 valence electrons. The number of benzene rings is 1. The maximum absolute atomic E-state index is 13.0. The Morgan fingerprint density at radius 2 is 1.90 bits per heavy atom. The number of esters is 1. The van der Waals surface area contributed by atoms with Crippen LogP contribution < -0.4 is 19.5 Å². The first-order valence-electron chi connectivity index (χ1n) is 9.46. The van der Waals surface area contributed by atoms with Gasteiger partial charge in [-0.05, 0) is 25.5 Å². The summed E-state index contributed by atoms with van der Waals surface area (Å²) in [5.74, 6) is 1.55. The van der Waals surface area contributed by atoms with Gasteiger partial charge < -0.3 is 24.3 Å². The molecular formula is C20H26N4O5. The third kappa shape index (κ3) is 3.59. The van der Waals surface area contributed by atoms with Gasteiger partial charge in [0.1, 0.15) is 12.4 Å². The monoisotopic (exact) mass is 402 g/mol. The largest absolute Gasteiger partial charge is 0.493 e. The molecule has 1 aromatic heterocycles. The third-order valence-corrected chi connectivity index (χ3v) is 4.70. The Hall–Kier alpha value is -3.23. The molecule has 0 bridgehead atoms. The molecule has 0 fully saturated rings. The van der Waals surface area contributed by atoms with Crippen molar-refractivity contribution < 1.29 is 23.7 Å². The Morgan fingerprint density at radius 3 is 2.52 bits per heavy atom. The summed E-state index contributed by atoms with van der Waals surface area (Å²) in [5.41, 5.74) is 1.92. The minimum Gasteiger partial charge on any atom is -0.493 e. The molecule has 29 heavy (non-hydrogen) atoms. The van der Waals surface area contributed by atoms with Gasteiger partial charge in [0.15, 0.2) is 11.5 Å². The van der Waals surface area contributed by atoms with Crippen LogP contribution in [0.4, 0.5) is 5.95 Å². The van der Waals surface area contributed by atoms with Gasteiger partial charge in [-0.15, -0.1) is 0 Å². The van der Waals surface area contributed by atoms with Crippen LogP contribution in [0.5, 0.6) is 17.2 Å². The molecule has 3 rings (SSSR count). The standard InChI is InChI=1S/C20H26N4O5/c1-6-8-13-15(19(25)29-7-2)16(24-20(23-13)21-11-22-24)12-9-10-14(26-3)18(28-5)17(12)27-4/h9-11,16H,6-8H2,1-5H3,(H,21,22,23)/t16-/m1/s1. The molecule has 0 saturated heterocycles. The van der Waals surface area contributed by atoms with E-state index in [1.54, 1.807) is 31.9 Å². The second-order valence-electron chi connectivity index (χ2n) is 6.34. The molecule has 0 aliphatic carbocycles. The molecule has 1 aliphatic heterocycles. The van der Waals surface area contributed by atoms with Gasteiger partial charge in [0.25, 0.3) is 0 Å². The van der Waals surface area contributed by atoms with Crippen LogP contribution >= 0.6 is 0 Å². The normalized spacial score (nSPS) is 15.4. The van der Waals surface area contributed by atoms with Gasteiger partial charge in [-0.2, -0.15) is 10.1 Å². The lowest BCUT2D eigenvalue weighted by molar-refractivity contribution is -0.139. The van der Waals surface area contributed by atoms with Crippen molar-refractivity contribution in [3.63, 3.8) is 0 Å². The smallest absolute Gasteiger partial charge is 0.338 e. The SMILES string of the molecule is CCCC1=C(C(=O)OCC)[C@@H](c2ccc(OC)c(OC)c2OC)n2ncnc2N1. The van der Waals surface area contributed by atoms with Crippen LogP contribution in [0.15, 0.2) is 29.7 Å². The topological polar surface area (TPSA) is 96.7 Å². The molecule has 0 saturated carbocycles. The maximum Gasteiger partial charge on any atom is 0.338 e. The Labute approximate surface area is 169 Å². The summed E-state index contributed by atoms with van der Waals surface area (Å²) in [7, 11) is 4.64. The molecule has 1 N–H and O–H groups in total. The number of ether oxygens (including phenoxy) is 4. The van der Waals surface area contributed by atoms with Crippen molar-refractivity contribution in [2.75, 3.05) is 33.3 Å². The summed E-state index contributed by atoms with van der Waals surface area (Å²) < 4.78 is 23.6. The van der Waals surface area contributed by atoms with E-state index in [1.807, 2.05) is 13.0 Å². The Bertz CT molecular complexity index is 922. The summed E-state index contributed by atoms with van der Waals surface area (Å²) in [6.45, 7) is 4.09. The van der Waals surface area contributed by atoms with Crippen LogP contribution in [0, 0.1) is 0 Å². The minimum atomic E-state index is -0.593. The zero-order chi connectivity index (χ0) is 21.0. The number of methoxy groups -OCH3 is 3. The molecule has 1 aromatic carbocycles. The van der Waals surface area contributed by atoms with Gasteiger partial charge in [-0.3, -0.25) is 0 Å². The van der Waals surface area contributed by atoms with Crippen molar-refractivity contribution in [3.05, 3.63) is 35.3 Å². The molecule has 0 unspecified atom stereocenters. The van der Waals surface area contributed by atoms with Crippen LogP contribution in [0.1, 0.15) is 38.3 Å². The Morgan fingerprint density at radius 1 is 1.14 bits per heavy atom. The molecule has 1 atom stereocenters. The highest BCUT2D eigenvalue weighted by Gasteiger charge is 2.38. The molecule has 2 heterocycles. The van der Waals surface area contributed by atoms with E-state index >= 15 is 0 Å². The summed E-state index contributed by atoms with van der Waals surface area (Å²) >= 11 is 0. The van der Waals surface area contributed by atoms with E-state index in [0.717, 1.165) is 12.1 Å². The van der Waals surface area contributed by atoms with Crippen molar-refractivity contribution in [3.8, 4) is 17.2 Å². The second-order valence-corrected chi connectivity index (χ2v) is 6.34. The predicted molar refractivity (Wildman–Crippen MR) is 106 cm³/mol. The van der Waals surface area contributed by atoms with Gasteiger partial charge in [0, 0.05) is 11.3 Å². The first-order chi connectivity index (χ1) is 14.1. The fraction of sp³-hybridized carbons (Fsp3) is 0.450. The summed E-state index contributed by atoms with van der Waals surface area (Å²) in [6, 6.07) is 3.02. The third-order valence-electron chi connectivity index (χ3n) is 4.70. The average Bonchev–Trinajstić information content (AvgIpc) is 3.20. The summed E-state index contributed by atoms with van der Waals surface area (Å²) in [6.07, 6.45) is 2.95. The maximum atomic E-state index is 13.0. The number of carbonyl (C=O) groups is 1. The minimum absolute atomic E-state index is 0.266. The zero-order valence-electron chi connectivity index (χ0n) is 17.3. The summed E-state index contributed by atoms with van der Waals surface area (Å²) in [4.78, 5) is 17.3. The van der Waals surface area contributed by atoms with Crippen molar-refractivity contribution in [1.29, 1.82) is 0 Å². The number of anilines is 1. The molecule has 2 aromatic rings. The van der Waals surface area contributed by atoms with Gasteiger partial charge in [-0.25, -0.2) is 9.48 Å². The lowest BCUT2D eigenvalue weighted by Gasteiger charge is -2.30. The number of nitrogens with zero attached hydrogens (tertiary/aromatic N) is 3. The molecule has 0 radical (unpaired) electrons. The highest BCUT2D eigenvalue weighted by Crippen LogP contribution is 2.47. The van der Waals surface area contributed by atoms with Crippen LogP contribution in [0.3, 0.4) is 0 Å². The zero-order valence-corrected chi connectivity index (χ0v) is 17.3. The van der Waals surface area contributed by atoms with E-state index in [4.69, 9.17) is 18.9 Å². The number of hydrogen-bond acceptors (Lipinski definition) is 8. The van der Waals surface area contributed by atoms with Crippen molar-refractivity contribution in [2.24, 2.45) is 0 Å². The fourth-order valence-corrected chi connectivity index (χ4v) is 3.54. The van der Waals surface area contributed by atoms with Gasteiger partial charge in [-0.1, -0.05) is 13.3 Å². The van der Waals surface area contributed by atoms with Gasteiger partial charge in [0.2, 0.25) is 11.7 Å². The van der Waals surface area contributed by atoms with Crippen molar-refractivity contribution in [2.45, 2.75) is 32.7 Å². The van der Waals surface area contributed by atoms with E-state index in [1.165, 1.54) is 13.4 Å². The Kier molecular flexibility index (Phi) is 6.26. The fourth-order valence-electron chi connectivity index (χ4n) is 3.54. The molecule has 9 heteroatoms. The van der Waals surface area contributed by atoms with Crippen LogP contribution in [-0.2, 0) is 9.53 Å². The van der Waals surface area contributed by atoms with Crippen LogP contribution in [0.25, 0.3) is 0 Å². The number of carbonyl (C=O) groups excluding carboxylic acids is 1. The molecule has 9 nitrogen and oxygen atoms in total. The van der Waals surface area contributed by atoms with Gasteiger partial charge in [0.05, 0.1) is 33.5 Å². The van der Waals surface area contributed by atoms with E-state index < -0.39 is 12.0 Å². The lowest BCUT2D eigenvalue weighted by atomic mass is 9.93. The molecule has 0 amide bonds. The number of fused-ring (bicyclic) bond motifs is 1. The quantitative estimate of drug-likeness (QED) is 0.673. The number of rotatable bonds is 8. The van der Waals surface area contributed by atoms with E-state index in [0.29, 0.717) is 40.8 Å². The summed E-state index contributed by atoms with van der Waals surface area (Å²) in [5, 5.41) is 7.58. The lowest BCUT2D eigenvalue weighted by Crippen LogP contribution is -2.30. The van der Waals surface area contributed by atoms with E-state index in [-0.39, 0.29) is 6.61 Å². The Balaban J connectivity index is 2.28. The van der Waals surface area contributed by atoms with Gasteiger partial charge >= 0.3 is 5.97 Å². The number of nitrogens with one attached hydrogen (secondary N) is 1. The number of allylic oxidation sites excluding steroid dienone is 1. The molecule has 1 aliphatic rings.